The number of pyridine rings is 2. The lowest BCUT2D eigenvalue weighted by atomic mass is 10.2. The molecule has 9 nitrogen and oxygen atoms in total. The summed E-state index contributed by atoms with van der Waals surface area (Å²) in [7, 11) is 1.83. The molecule has 1 aliphatic heterocycles. The number of aromatic nitrogens is 4. The highest BCUT2D eigenvalue weighted by Gasteiger charge is 2.22. The van der Waals surface area contributed by atoms with Crippen molar-refractivity contribution in [2.24, 2.45) is 0 Å². The second-order valence-corrected chi connectivity index (χ2v) is 8.10. The Morgan fingerprint density at radius 2 is 1.77 bits per heavy atom. The summed E-state index contributed by atoms with van der Waals surface area (Å²) in [5, 5.41) is 9.45. The molecule has 0 bridgehead atoms. The van der Waals surface area contributed by atoms with Crippen LogP contribution in [0.15, 0.2) is 54.7 Å². The van der Waals surface area contributed by atoms with E-state index in [0.29, 0.717) is 48.9 Å². The van der Waals surface area contributed by atoms with Gasteiger partial charge < -0.3 is 20.6 Å². The number of nitrogens with zero attached hydrogens (tertiary/aromatic N) is 6. The fraction of sp³-hybridized carbons (Fsp3) is 0.308. The molecule has 1 aromatic carbocycles. The first-order valence-electron chi connectivity index (χ1n) is 11.8. The van der Waals surface area contributed by atoms with Crippen LogP contribution in [-0.2, 0) is 11.4 Å². The van der Waals surface area contributed by atoms with E-state index in [1.165, 1.54) is 0 Å². The molecule has 3 aromatic heterocycles. The maximum atomic E-state index is 12.1. The average Bonchev–Trinajstić information content (AvgIpc) is 3.19. The van der Waals surface area contributed by atoms with Crippen molar-refractivity contribution in [3.05, 3.63) is 60.3 Å². The van der Waals surface area contributed by atoms with Crippen LogP contribution in [-0.4, -0.2) is 62.1 Å². The Kier molecular flexibility index (Phi) is 7.26. The zero-order chi connectivity index (χ0) is 24.9. The van der Waals surface area contributed by atoms with Gasteiger partial charge in [-0.2, -0.15) is 0 Å². The van der Waals surface area contributed by atoms with Crippen molar-refractivity contribution in [1.82, 2.24) is 24.4 Å². The van der Waals surface area contributed by atoms with E-state index >= 15 is 0 Å². The third-order valence-electron chi connectivity index (χ3n) is 6.00. The van der Waals surface area contributed by atoms with Crippen molar-refractivity contribution in [3.63, 3.8) is 0 Å². The van der Waals surface area contributed by atoms with Crippen molar-refractivity contribution in [2.45, 2.75) is 26.9 Å². The summed E-state index contributed by atoms with van der Waals surface area (Å²) in [5.41, 5.74) is 9.99. The predicted octanol–water partition coefficient (Wildman–Crippen LogP) is 3.25. The molecule has 0 unspecified atom stereocenters. The molecule has 4 heterocycles. The van der Waals surface area contributed by atoms with Crippen LogP contribution in [0.4, 0.5) is 11.6 Å². The quantitative estimate of drug-likeness (QED) is 0.468. The normalized spacial score (nSPS) is 14.0. The molecule has 9 heteroatoms. The number of nitrogen functional groups attached to an aromatic ring is 1. The summed E-state index contributed by atoms with van der Waals surface area (Å²) in [5.74, 6) is 1.96. The zero-order valence-corrected chi connectivity index (χ0v) is 20.3. The lowest BCUT2D eigenvalue weighted by Gasteiger charge is -2.21. The van der Waals surface area contributed by atoms with E-state index in [4.69, 9.17) is 15.7 Å². The highest BCUT2D eigenvalue weighted by Crippen LogP contribution is 2.31. The monoisotopic (exact) mass is 473 g/mol. The van der Waals surface area contributed by atoms with Gasteiger partial charge in [-0.1, -0.05) is 26.0 Å². The molecule has 182 valence electrons. The number of aliphatic hydroxyl groups is 1. The van der Waals surface area contributed by atoms with Crippen LogP contribution in [0.25, 0.3) is 28.2 Å². The van der Waals surface area contributed by atoms with Crippen LogP contribution in [0.5, 0.6) is 0 Å². The Hall–Kier alpha value is -3.98. The van der Waals surface area contributed by atoms with Crippen molar-refractivity contribution in [2.75, 3.05) is 37.3 Å². The Bertz CT molecular complexity index is 1320. The Balaban J connectivity index is 0.00000141. The smallest absolute Gasteiger partial charge is 0.224 e. The third kappa shape index (κ3) is 4.81. The van der Waals surface area contributed by atoms with E-state index in [2.05, 4.69) is 9.88 Å². The van der Waals surface area contributed by atoms with Gasteiger partial charge in [0.15, 0.2) is 11.5 Å². The van der Waals surface area contributed by atoms with Gasteiger partial charge in [0.1, 0.15) is 17.2 Å². The Morgan fingerprint density at radius 3 is 2.49 bits per heavy atom. The van der Waals surface area contributed by atoms with Crippen LogP contribution in [0.2, 0.25) is 0 Å². The molecule has 0 aliphatic carbocycles. The minimum Gasteiger partial charge on any atom is -0.392 e. The van der Waals surface area contributed by atoms with Gasteiger partial charge in [-0.15, -0.1) is 0 Å². The largest absolute Gasteiger partial charge is 0.392 e. The highest BCUT2D eigenvalue weighted by molar-refractivity contribution is 5.84. The number of benzene rings is 1. The first kappa shape index (κ1) is 24.2. The molecule has 0 radical (unpaired) electrons. The van der Waals surface area contributed by atoms with Gasteiger partial charge in [-0.25, -0.2) is 15.0 Å². The highest BCUT2D eigenvalue weighted by atomic mass is 16.3. The lowest BCUT2D eigenvalue weighted by molar-refractivity contribution is -0.129. The zero-order valence-electron chi connectivity index (χ0n) is 20.3. The minimum absolute atomic E-state index is 0.0299. The van der Waals surface area contributed by atoms with E-state index in [-0.39, 0.29) is 12.5 Å². The molecular weight excluding hydrogens is 442 g/mol. The number of rotatable bonds is 4. The lowest BCUT2D eigenvalue weighted by Crippen LogP contribution is -2.30. The summed E-state index contributed by atoms with van der Waals surface area (Å²) < 4.78 is 1.96. The molecule has 35 heavy (non-hydrogen) atoms. The molecular formula is C26H31N7O2. The maximum absolute atomic E-state index is 12.1. The van der Waals surface area contributed by atoms with Crippen molar-refractivity contribution < 1.29 is 9.90 Å². The minimum atomic E-state index is -0.0299. The molecule has 4 aromatic rings. The number of carbonyl (C=O) groups is 1. The molecule has 5 rings (SSSR count). The number of carbonyl (C=O) groups excluding carboxylic acids is 1. The third-order valence-corrected chi connectivity index (χ3v) is 6.00. The summed E-state index contributed by atoms with van der Waals surface area (Å²) in [6, 6.07) is 15.2. The molecule has 0 atom stereocenters. The number of likely N-dealkylation sites (N-methyl/N-ethyl adjacent to an activating group) is 1. The van der Waals surface area contributed by atoms with Crippen molar-refractivity contribution >= 4 is 28.7 Å². The van der Waals surface area contributed by atoms with Gasteiger partial charge in [-0.3, -0.25) is 9.36 Å². The maximum Gasteiger partial charge on any atom is 0.224 e. The molecule has 1 saturated heterocycles. The van der Waals surface area contributed by atoms with E-state index in [1.54, 1.807) is 11.1 Å². The standard InChI is InChI=1S/C24H25N7O2.C2H6/c1-29-13-14-30(12-10-21(29)33)20-9-8-19-24(28-20)31(17-6-4-16(15-32)5-7-17)23(27-19)18-3-2-11-26-22(18)25;1-2/h2-9,11,32H,10,12-15H2,1H3,(H2,25,26);1-2H3. The predicted molar refractivity (Wildman–Crippen MR) is 138 cm³/mol. The Morgan fingerprint density at radius 1 is 1.00 bits per heavy atom. The number of nitrogens with two attached hydrogens (primary N) is 1. The van der Waals surface area contributed by atoms with Gasteiger partial charge in [-0.05, 0) is 42.0 Å². The molecule has 1 fully saturated rings. The van der Waals surface area contributed by atoms with Crippen molar-refractivity contribution in [1.29, 1.82) is 0 Å². The van der Waals surface area contributed by atoms with Crippen LogP contribution in [0, 0.1) is 0 Å². The number of imidazole rings is 1. The number of aliphatic hydroxyl groups excluding tert-OH is 1. The first-order valence-corrected chi connectivity index (χ1v) is 11.8. The molecule has 1 amide bonds. The van der Waals surface area contributed by atoms with Crippen LogP contribution in [0.3, 0.4) is 0 Å². The van der Waals surface area contributed by atoms with E-state index in [9.17, 15) is 9.90 Å². The average molecular weight is 474 g/mol. The van der Waals surface area contributed by atoms with E-state index in [1.807, 2.05) is 74.0 Å². The topological polar surface area (TPSA) is 113 Å². The van der Waals surface area contributed by atoms with Gasteiger partial charge in [0.2, 0.25) is 5.91 Å². The summed E-state index contributed by atoms with van der Waals surface area (Å²) in [6.45, 7) is 5.95. The van der Waals surface area contributed by atoms with Gasteiger partial charge in [0, 0.05) is 45.0 Å². The molecule has 0 spiro atoms. The fourth-order valence-corrected chi connectivity index (χ4v) is 4.06. The summed E-state index contributed by atoms with van der Waals surface area (Å²) >= 11 is 0. The second kappa shape index (κ2) is 10.5. The van der Waals surface area contributed by atoms with Crippen LogP contribution in [0.1, 0.15) is 25.8 Å². The second-order valence-electron chi connectivity index (χ2n) is 8.10. The van der Waals surface area contributed by atoms with Crippen LogP contribution < -0.4 is 10.6 Å². The summed E-state index contributed by atoms with van der Waals surface area (Å²) in [6.07, 6.45) is 2.10. The van der Waals surface area contributed by atoms with E-state index in [0.717, 1.165) is 22.6 Å². The fourth-order valence-electron chi connectivity index (χ4n) is 4.06. The van der Waals surface area contributed by atoms with Crippen molar-refractivity contribution in [3.8, 4) is 17.1 Å². The summed E-state index contributed by atoms with van der Waals surface area (Å²) in [4.78, 5) is 30.0. The Labute approximate surface area is 204 Å². The van der Waals surface area contributed by atoms with Gasteiger partial charge >= 0.3 is 0 Å². The van der Waals surface area contributed by atoms with Gasteiger partial charge in [0.25, 0.3) is 0 Å². The van der Waals surface area contributed by atoms with E-state index < -0.39 is 0 Å². The number of anilines is 2. The number of fused-ring (bicyclic) bond motifs is 1. The number of amides is 1. The first-order chi connectivity index (χ1) is 17.0. The van der Waals surface area contributed by atoms with Crippen LogP contribution >= 0.6 is 0 Å². The SMILES string of the molecule is CC.CN1CCN(c2ccc3nc(-c4cccnc4N)n(-c4ccc(CO)cc4)c3n2)CCC1=O. The molecule has 1 aliphatic rings. The molecule has 0 saturated carbocycles. The number of hydrogen-bond acceptors (Lipinski definition) is 7. The number of hydrogen-bond donors (Lipinski definition) is 2. The van der Waals surface area contributed by atoms with Gasteiger partial charge in [0.05, 0.1) is 12.2 Å². The molecule has 3 N–H and O–H groups in total.